The van der Waals surface area contributed by atoms with E-state index in [0.717, 1.165) is 35.9 Å². The van der Waals surface area contributed by atoms with Crippen LogP contribution >= 0.6 is 23.1 Å². The Morgan fingerprint density at radius 3 is 2.68 bits per heavy atom. The SMILES string of the molecule is CCN(C(=O)[C@@H](C)Sc1nnc(Cc2cccs2)n1C1CC1)c1ccccc1. The fraction of sp³-hybridized carbons (Fsp3) is 0.381. The molecule has 0 bridgehead atoms. The quantitative estimate of drug-likeness (QED) is 0.499. The molecule has 146 valence electrons. The molecule has 1 atom stereocenters. The maximum atomic E-state index is 13.1. The van der Waals surface area contributed by atoms with E-state index in [9.17, 15) is 4.79 Å². The van der Waals surface area contributed by atoms with Crippen LogP contribution in [0.25, 0.3) is 0 Å². The van der Waals surface area contributed by atoms with Crippen molar-refractivity contribution in [3.8, 4) is 0 Å². The lowest BCUT2D eigenvalue weighted by molar-refractivity contribution is -0.117. The van der Waals surface area contributed by atoms with Crippen LogP contribution in [0.1, 0.15) is 43.4 Å². The second kappa shape index (κ2) is 8.49. The van der Waals surface area contributed by atoms with Crippen LogP contribution in [-0.2, 0) is 11.2 Å². The number of thioether (sulfide) groups is 1. The third-order valence-corrected chi connectivity index (χ3v) is 6.76. The molecule has 0 radical (unpaired) electrons. The summed E-state index contributed by atoms with van der Waals surface area (Å²) in [6.07, 6.45) is 3.13. The van der Waals surface area contributed by atoms with E-state index in [4.69, 9.17) is 0 Å². The van der Waals surface area contributed by atoms with Gasteiger partial charge < -0.3 is 9.47 Å². The van der Waals surface area contributed by atoms with E-state index in [1.165, 1.54) is 16.6 Å². The standard InChI is InChI=1S/C21H24N4OS2/c1-3-24(16-8-5-4-6-9-16)20(26)15(2)28-21-23-22-19(25(21)17-11-12-17)14-18-10-7-13-27-18/h4-10,13,15,17H,3,11-12,14H2,1-2H3/t15-/m1/s1. The van der Waals surface area contributed by atoms with E-state index in [0.29, 0.717) is 12.6 Å². The zero-order valence-corrected chi connectivity index (χ0v) is 17.7. The third kappa shape index (κ3) is 4.15. The Morgan fingerprint density at radius 1 is 1.25 bits per heavy atom. The molecule has 1 saturated carbocycles. The molecule has 1 aliphatic rings. The molecular weight excluding hydrogens is 388 g/mol. The molecule has 1 amide bonds. The summed E-state index contributed by atoms with van der Waals surface area (Å²) in [6.45, 7) is 4.62. The van der Waals surface area contributed by atoms with Crippen molar-refractivity contribution in [2.75, 3.05) is 11.4 Å². The summed E-state index contributed by atoms with van der Waals surface area (Å²) in [5.41, 5.74) is 0.935. The molecule has 2 heterocycles. The number of amides is 1. The largest absolute Gasteiger partial charge is 0.312 e. The Kier molecular flexibility index (Phi) is 5.82. The zero-order valence-electron chi connectivity index (χ0n) is 16.1. The average Bonchev–Trinajstić information content (AvgIpc) is 3.27. The van der Waals surface area contributed by atoms with E-state index in [-0.39, 0.29) is 11.2 Å². The molecule has 0 spiro atoms. The van der Waals surface area contributed by atoms with Crippen LogP contribution in [0.3, 0.4) is 0 Å². The maximum Gasteiger partial charge on any atom is 0.240 e. The number of carbonyl (C=O) groups is 1. The van der Waals surface area contributed by atoms with Crippen LogP contribution in [0.15, 0.2) is 53.0 Å². The van der Waals surface area contributed by atoms with Crippen LogP contribution in [0.5, 0.6) is 0 Å². The van der Waals surface area contributed by atoms with Gasteiger partial charge in [0.05, 0.1) is 5.25 Å². The van der Waals surface area contributed by atoms with Gasteiger partial charge in [0, 0.05) is 29.6 Å². The molecule has 2 aromatic heterocycles. The molecule has 4 rings (SSSR count). The highest BCUT2D eigenvalue weighted by Gasteiger charge is 2.32. The van der Waals surface area contributed by atoms with Crippen molar-refractivity contribution >= 4 is 34.7 Å². The summed E-state index contributed by atoms with van der Waals surface area (Å²) >= 11 is 3.26. The lowest BCUT2D eigenvalue weighted by Gasteiger charge is -2.24. The van der Waals surface area contributed by atoms with E-state index in [2.05, 4.69) is 32.3 Å². The minimum atomic E-state index is -0.226. The number of aromatic nitrogens is 3. The van der Waals surface area contributed by atoms with Gasteiger partial charge >= 0.3 is 0 Å². The van der Waals surface area contributed by atoms with Gasteiger partial charge in [0.1, 0.15) is 5.82 Å². The predicted molar refractivity (Wildman–Crippen MR) is 115 cm³/mol. The molecule has 5 nitrogen and oxygen atoms in total. The normalized spacial score (nSPS) is 14.8. The molecule has 0 saturated heterocycles. The molecule has 0 unspecified atom stereocenters. The molecule has 28 heavy (non-hydrogen) atoms. The first-order chi connectivity index (χ1) is 13.7. The lowest BCUT2D eigenvalue weighted by Crippen LogP contribution is -2.36. The van der Waals surface area contributed by atoms with Crippen LogP contribution < -0.4 is 4.90 Å². The molecule has 1 aliphatic carbocycles. The van der Waals surface area contributed by atoms with Crippen molar-refractivity contribution in [1.29, 1.82) is 0 Å². The number of thiophene rings is 1. The molecule has 1 aromatic carbocycles. The van der Waals surface area contributed by atoms with Crippen LogP contribution in [0.4, 0.5) is 5.69 Å². The van der Waals surface area contributed by atoms with E-state index >= 15 is 0 Å². The van der Waals surface area contributed by atoms with E-state index in [1.54, 1.807) is 11.3 Å². The van der Waals surface area contributed by atoms with Crippen molar-refractivity contribution in [2.24, 2.45) is 0 Å². The van der Waals surface area contributed by atoms with Crippen LogP contribution in [0, 0.1) is 0 Å². The number of anilines is 1. The Bertz CT molecular complexity index is 919. The number of rotatable bonds is 8. The van der Waals surface area contributed by atoms with Crippen LogP contribution in [-0.4, -0.2) is 32.5 Å². The smallest absolute Gasteiger partial charge is 0.240 e. The topological polar surface area (TPSA) is 51.0 Å². The summed E-state index contributed by atoms with van der Waals surface area (Å²) in [7, 11) is 0. The van der Waals surface area contributed by atoms with Gasteiger partial charge in [0.15, 0.2) is 5.16 Å². The molecule has 0 aliphatic heterocycles. The van der Waals surface area contributed by atoms with Crippen LogP contribution in [0.2, 0.25) is 0 Å². The third-order valence-electron chi connectivity index (χ3n) is 4.84. The first-order valence-corrected chi connectivity index (χ1v) is 11.4. The Balaban J connectivity index is 1.52. The second-order valence-corrected chi connectivity index (χ2v) is 9.27. The predicted octanol–water partition coefficient (Wildman–Crippen LogP) is 4.80. The van der Waals surface area contributed by atoms with E-state index in [1.807, 2.05) is 49.1 Å². The van der Waals surface area contributed by atoms with E-state index < -0.39 is 0 Å². The number of nitrogens with zero attached hydrogens (tertiary/aromatic N) is 4. The first-order valence-electron chi connectivity index (χ1n) is 9.66. The number of para-hydroxylation sites is 1. The first kappa shape index (κ1) is 19.2. The monoisotopic (exact) mass is 412 g/mol. The highest BCUT2D eigenvalue weighted by molar-refractivity contribution is 8.00. The average molecular weight is 413 g/mol. The van der Waals surface area contributed by atoms with Gasteiger partial charge in [-0.05, 0) is 50.3 Å². The zero-order chi connectivity index (χ0) is 19.5. The van der Waals surface area contributed by atoms with Crippen molar-refractivity contribution in [2.45, 2.75) is 49.6 Å². The summed E-state index contributed by atoms with van der Waals surface area (Å²) in [4.78, 5) is 16.2. The second-order valence-electron chi connectivity index (χ2n) is 6.93. The van der Waals surface area contributed by atoms with Crippen molar-refractivity contribution in [3.63, 3.8) is 0 Å². The highest BCUT2D eigenvalue weighted by Crippen LogP contribution is 2.40. The summed E-state index contributed by atoms with van der Waals surface area (Å²) in [5.74, 6) is 1.10. The van der Waals surface area contributed by atoms with Crippen molar-refractivity contribution in [3.05, 3.63) is 58.5 Å². The number of hydrogen-bond acceptors (Lipinski definition) is 5. The van der Waals surface area contributed by atoms with Gasteiger partial charge in [-0.15, -0.1) is 21.5 Å². The van der Waals surface area contributed by atoms with Crippen molar-refractivity contribution in [1.82, 2.24) is 14.8 Å². The van der Waals surface area contributed by atoms with Crippen molar-refractivity contribution < 1.29 is 4.79 Å². The molecule has 7 heteroatoms. The molecule has 3 aromatic rings. The minimum absolute atomic E-state index is 0.101. The lowest BCUT2D eigenvalue weighted by atomic mass is 10.2. The van der Waals surface area contributed by atoms with Gasteiger partial charge in [-0.2, -0.15) is 0 Å². The fourth-order valence-corrected chi connectivity index (χ4v) is 4.98. The number of carbonyl (C=O) groups excluding carboxylic acids is 1. The molecule has 0 N–H and O–H groups in total. The van der Waals surface area contributed by atoms with Gasteiger partial charge in [0.2, 0.25) is 5.91 Å². The summed E-state index contributed by atoms with van der Waals surface area (Å²) in [6, 6.07) is 14.5. The number of hydrogen-bond donors (Lipinski definition) is 0. The van der Waals surface area contributed by atoms with Gasteiger partial charge in [-0.3, -0.25) is 4.79 Å². The maximum absolute atomic E-state index is 13.1. The minimum Gasteiger partial charge on any atom is -0.312 e. The fourth-order valence-electron chi connectivity index (χ4n) is 3.28. The highest BCUT2D eigenvalue weighted by atomic mass is 32.2. The summed E-state index contributed by atoms with van der Waals surface area (Å²) in [5, 5.41) is 11.6. The Labute approximate surface area is 173 Å². The van der Waals surface area contributed by atoms with Gasteiger partial charge in [0.25, 0.3) is 0 Å². The Hall–Kier alpha value is -2.12. The molecular formula is C21H24N4OS2. The Morgan fingerprint density at radius 2 is 2.04 bits per heavy atom. The molecule has 1 fully saturated rings. The van der Waals surface area contributed by atoms with Gasteiger partial charge in [-0.1, -0.05) is 36.0 Å². The van der Waals surface area contributed by atoms with Gasteiger partial charge in [-0.25, -0.2) is 0 Å². The number of benzene rings is 1. The summed E-state index contributed by atoms with van der Waals surface area (Å²) < 4.78 is 2.26.